The highest BCUT2D eigenvalue weighted by Crippen LogP contribution is 2.67. The maximum absolute atomic E-state index is 12.5. The molecule has 4 rings (SSSR count). The Balaban J connectivity index is 1.23. The molecule has 0 aromatic heterocycles. The lowest BCUT2D eigenvalue weighted by Gasteiger charge is -2.59. The normalized spacial score (nSPS) is 34.3. The lowest BCUT2D eigenvalue weighted by molar-refractivity contribution is -0.144. The first-order valence-corrected chi connectivity index (χ1v) is 20.9. The Hall–Kier alpha value is -0.790. The maximum Gasteiger partial charge on any atom is 0.306 e. The summed E-state index contributed by atoms with van der Waals surface area (Å²) in [6, 6.07) is 0. The Bertz CT molecular complexity index is 950. The summed E-state index contributed by atoms with van der Waals surface area (Å²) in [5.41, 5.74) is 2.53. The number of rotatable bonds is 20. The fourth-order valence-corrected chi connectivity index (χ4v) is 11.9. The fraction of sp³-hybridized carbons (Fsp3) is 0.932. The minimum Gasteiger partial charge on any atom is -0.481 e. The average molecular weight is 639 g/mol. The van der Waals surface area contributed by atoms with Crippen LogP contribution in [0.25, 0.3) is 0 Å². The van der Waals surface area contributed by atoms with Crippen molar-refractivity contribution in [2.75, 3.05) is 0 Å². The van der Waals surface area contributed by atoms with Gasteiger partial charge in [-0.1, -0.05) is 150 Å². The highest BCUT2D eigenvalue weighted by molar-refractivity contribution is 5.70. The summed E-state index contributed by atoms with van der Waals surface area (Å²) in [4.78, 5) is 12.5. The molecule has 2 heteroatoms. The van der Waals surface area contributed by atoms with Gasteiger partial charge in [-0.3, -0.25) is 4.79 Å². The fourth-order valence-electron chi connectivity index (χ4n) is 11.9. The van der Waals surface area contributed by atoms with Crippen LogP contribution < -0.4 is 0 Å². The molecule has 4 aliphatic rings. The molecule has 3 fully saturated rings. The van der Waals surface area contributed by atoms with E-state index in [0.717, 1.165) is 67.1 Å². The number of hydrogen-bond donors (Lipinski definition) is 1. The highest BCUT2D eigenvalue weighted by atomic mass is 16.4. The van der Waals surface area contributed by atoms with Crippen LogP contribution in [-0.2, 0) is 4.79 Å². The summed E-state index contributed by atoms with van der Waals surface area (Å²) in [6.45, 7) is 17.3. The molecule has 3 saturated carbocycles. The zero-order valence-corrected chi connectivity index (χ0v) is 31.9. The predicted octanol–water partition coefficient (Wildman–Crippen LogP) is 13.7. The van der Waals surface area contributed by atoms with Crippen molar-refractivity contribution in [1.29, 1.82) is 0 Å². The molecule has 0 radical (unpaired) electrons. The SMILES string of the molecule is CCC(C)CCCCCCCCCCCC(C(=O)O)[C@H]1CC[C@@]2(C)C(=CC[C@H]3[C@@H]4CC[C@H]([C@H](C)CCCC(C)C)[C@@]4(C)CC[C@@H]32)C1. The van der Waals surface area contributed by atoms with E-state index >= 15 is 0 Å². The first-order chi connectivity index (χ1) is 22.0. The van der Waals surface area contributed by atoms with Crippen LogP contribution in [0.15, 0.2) is 11.6 Å². The van der Waals surface area contributed by atoms with Gasteiger partial charge in [0.05, 0.1) is 5.92 Å². The van der Waals surface area contributed by atoms with Gasteiger partial charge in [-0.2, -0.15) is 0 Å². The molecule has 0 aromatic rings. The van der Waals surface area contributed by atoms with Crippen LogP contribution in [0.2, 0.25) is 0 Å². The first-order valence-electron chi connectivity index (χ1n) is 20.9. The minimum absolute atomic E-state index is 0.142. The molecule has 0 aliphatic heterocycles. The Morgan fingerprint density at radius 3 is 2.07 bits per heavy atom. The third-order valence-corrected chi connectivity index (χ3v) is 15.1. The molecule has 10 atom stereocenters. The van der Waals surface area contributed by atoms with E-state index in [0.29, 0.717) is 16.7 Å². The lowest BCUT2D eigenvalue weighted by atomic mass is 9.46. The van der Waals surface area contributed by atoms with Crippen LogP contribution in [0.5, 0.6) is 0 Å². The minimum atomic E-state index is -0.520. The molecule has 2 nitrogen and oxygen atoms in total. The zero-order valence-electron chi connectivity index (χ0n) is 31.9. The zero-order chi connectivity index (χ0) is 33.3. The van der Waals surface area contributed by atoms with Crippen LogP contribution in [0.3, 0.4) is 0 Å². The quantitative estimate of drug-likeness (QED) is 0.106. The van der Waals surface area contributed by atoms with Crippen molar-refractivity contribution in [3.05, 3.63) is 11.6 Å². The second kappa shape index (κ2) is 17.7. The van der Waals surface area contributed by atoms with E-state index in [1.807, 2.05) is 0 Å². The largest absolute Gasteiger partial charge is 0.481 e. The van der Waals surface area contributed by atoms with Crippen LogP contribution >= 0.6 is 0 Å². The molecule has 4 aliphatic carbocycles. The van der Waals surface area contributed by atoms with Gasteiger partial charge < -0.3 is 5.11 Å². The maximum atomic E-state index is 12.5. The number of fused-ring (bicyclic) bond motifs is 5. The van der Waals surface area contributed by atoms with E-state index in [2.05, 4.69) is 54.5 Å². The van der Waals surface area contributed by atoms with Crippen molar-refractivity contribution in [3.8, 4) is 0 Å². The molecule has 0 amide bonds. The van der Waals surface area contributed by atoms with Gasteiger partial charge in [0.25, 0.3) is 0 Å². The molecule has 266 valence electrons. The average Bonchev–Trinajstić information content (AvgIpc) is 3.38. The van der Waals surface area contributed by atoms with Gasteiger partial charge in [0.2, 0.25) is 0 Å². The van der Waals surface area contributed by atoms with E-state index in [1.165, 1.54) is 122 Å². The lowest BCUT2D eigenvalue weighted by Crippen LogP contribution is -2.51. The van der Waals surface area contributed by atoms with Crippen molar-refractivity contribution < 1.29 is 9.90 Å². The highest BCUT2D eigenvalue weighted by Gasteiger charge is 2.59. The van der Waals surface area contributed by atoms with E-state index in [9.17, 15) is 9.90 Å². The van der Waals surface area contributed by atoms with Crippen LogP contribution in [-0.4, -0.2) is 11.1 Å². The van der Waals surface area contributed by atoms with E-state index in [4.69, 9.17) is 0 Å². The summed E-state index contributed by atoms with van der Waals surface area (Å²) < 4.78 is 0. The van der Waals surface area contributed by atoms with Crippen molar-refractivity contribution in [2.24, 2.45) is 64.1 Å². The van der Waals surface area contributed by atoms with Gasteiger partial charge in [0.15, 0.2) is 0 Å². The summed E-state index contributed by atoms with van der Waals surface area (Å²) in [5.74, 6) is 5.78. The van der Waals surface area contributed by atoms with Crippen molar-refractivity contribution in [3.63, 3.8) is 0 Å². The Kier molecular flexibility index (Phi) is 14.7. The topological polar surface area (TPSA) is 37.3 Å². The van der Waals surface area contributed by atoms with Crippen molar-refractivity contribution in [2.45, 2.75) is 196 Å². The van der Waals surface area contributed by atoms with Gasteiger partial charge in [0.1, 0.15) is 0 Å². The third kappa shape index (κ3) is 9.25. The molecule has 0 saturated heterocycles. The monoisotopic (exact) mass is 639 g/mol. The number of allylic oxidation sites excluding steroid dienone is 2. The van der Waals surface area contributed by atoms with E-state index in [1.54, 1.807) is 5.57 Å². The molecule has 0 heterocycles. The summed E-state index contributed by atoms with van der Waals surface area (Å²) in [5, 5.41) is 10.3. The first kappa shape index (κ1) is 38.0. The molecule has 0 spiro atoms. The van der Waals surface area contributed by atoms with Crippen LogP contribution in [0, 0.1) is 64.1 Å². The van der Waals surface area contributed by atoms with Gasteiger partial charge in [-0.05, 0) is 116 Å². The summed E-state index contributed by atoms with van der Waals surface area (Å²) in [7, 11) is 0. The van der Waals surface area contributed by atoms with Gasteiger partial charge in [-0.15, -0.1) is 0 Å². The molecule has 46 heavy (non-hydrogen) atoms. The molecular weight excluding hydrogens is 560 g/mol. The van der Waals surface area contributed by atoms with E-state index < -0.39 is 5.97 Å². The number of carboxylic acid groups (broad SMARTS) is 1. The van der Waals surface area contributed by atoms with Crippen LogP contribution in [0.1, 0.15) is 196 Å². The van der Waals surface area contributed by atoms with Crippen LogP contribution in [0.4, 0.5) is 0 Å². The summed E-state index contributed by atoms with van der Waals surface area (Å²) >= 11 is 0. The Labute approximate surface area is 287 Å². The number of carbonyl (C=O) groups is 1. The number of aliphatic carboxylic acids is 1. The molecule has 2 unspecified atom stereocenters. The standard InChI is InChI=1S/C44H78O2/c1-8-33(4)20-16-14-12-10-9-11-13-15-17-22-37(42(45)46)35-27-29-43(6)36(31-35)23-24-38-40-26-25-39(34(5)21-18-19-32(2)3)44(40,7)30-28-41(38)43/h23,32-35,37-41H,8-22,24-31H2,1-7H3,(H,45,46)/t33?,34-,35+,37?,38+,39-,40+,41+,43+,44-/m1/s1. The number of unbranched alkanes of at least 4 members (excludes halogenated alkanes) is 8. The Morgan fingerprint density at radius 2 is 1.43 bits per heavy atom. The van der Waals surface area contributed by atoms with Gasteiger partial charge >= 0.3 is 5.97 Å². The number of carboxylic acids is 1. The van der Waals surface area contributed by atoms with Gasteiger partial charge in [-0.25, -0.2) is 0 Å². The number of hydrogen-bond acceptors (Lipinski definition) is 1. The second-order valence-electron chi connectivity index (χ2n) is 18.5. The van der Waals surface area contributed by atoms with E-state index in [-0.39, 0.29) is 5.92 Å². The smallest absolute Gasteiger partial charge is 0.306 e. The second-order valence-corrected chi connectivity index (χ2v) is 18.5. The van der Waals surface area contributed by atoms with Crippen molar-refractivity contribution >= 4 is 5.97 Å². The molecule has 0 aromatic carbocycles. The Morgan fingerprint density at radius 1 is 0.783 bits per heavy atom. The third-order valence-electron chi connectivity index (χ3n) is 15.1. The van der Waals surface area contributed by atoms with Gasteiger partial charge in [0, 0.05) is 0 Å². The molecule has 0 bridgehead atoms. The van der Waals surface area contributed by atoms with Crippen molar-refractivity contribution in [1.82, 2.24) is 0 Å². The molecular formula is C44H78O2. The predicted molar refractivity (Wildman–Crippen MR) is 198 cm³/mol. The summed E-state index contributed by atoms with van der Waals surface area (Å²) in [6.07, 6.45) is 32.8. The molecule has 1 N–H and O–H groups in total.